The number of hydrogen-bond donors (Lipinski definition) is 1. The zero-order chi connectivity index (χ0) is 13.1. The highest BCUT2D eigenvalue weighted by atomic mass is 16.2. The van der Waals surface area contributed by atoms with Gasteiger partial charge in [0.25, 0.3) is 5.91 Å². The summed E-state index contributed by atoms with van der Waals surface area (Å²) in [6.45, 7) is 0.326. The van der Waals surface area contributed by atoms with Crippen LogP contribution >= 0.6 is 0 Å². The topological polar surface area (TPSA) is 77.0 Å². The summed E-state index contributed by atoms with van der Waals surface area (Å²) in [7, 11) is 3.38. The van der Waals surface area contributed by atoms with Crippen molar-refractivity contribution < 1.29 is 4.79 Å². The Bertz CT molecular complexity index is 561. The molecule has 0 aliphatic carbocycles. The number of carbonyl (C=O) groups excluding carboxylic acids is 1. The van der Waals surface area contributed by atoms with Gasteiger partial charge in [-0.25, -0.2) is 4.68 Å². The van der Waals surface area contributed by atoms with E-state index in [1.807, 2.05) is 12.1 Å². The van der Waals surface area contributed by atoms with Crippen molar-refractivity contribution in [2.45, 2.75) is 6.54 Å². The monoisotopic (exact) mass is 245 g/mol. The number of nitrogens with zero attached hydrogens (tertiary/aromatic N) is 4. The summed E-state index contributed by atoms with van der Waals surface area (Å²) in [6.07, 6.45) is 3.41. The SMILES string of the molecule is CN(C)C(=O)c1ccn(-c2cccnc2CN)n1. The van der Waals surface area contributed by atoms with Crippen molar-refractivity contribution in [2.24, 2.45) is 5.73 Å². The number of pyridine rings is 1. The molecule has 2 rings (SSSR count). The van der Waals surface area contributed by atoms with Crippen molar-refractivity contribution in [1.82, 2.24) is 19.7 Å². The number of nitrogens with two attached hydrogens (primary N) is 1. The van der Waals surface area contributed by atoms with Crippen molar-refractivity contribution in [3.63, 3.8) is 0 Å². The summed E-state index contributed by atoms with van der Waals surface area (Å²) in [5, 5.41) is 4.24. The number of carbonyl (C=O) groups is 1. The molecule has 6 nitrogen and oxygen atoms in total. The van der Waals surface area contributed by atoms with E-state index in [0.29, 0.717) is 12.2 Å². The first-order chi connectivity index (χ1) is 8.63. The zero-order valence-electron chi connectivity index (χ0n) is 10.4. The van der Waals surface area contributed by atoms with Gasteiger partial charge in [0.05, 0.1) is 11.4 Å². The predicted octanol–water partition coefficient (Wildman–Crippen LogP) is 0.428. The van der Waals surface area contributed by atoms with E-state index >= 15 is 0 Å². The van der Waals surface area contributed by atoms with Crippen LogP contribution in [0.25, 0.3) is 5.69 Å². The molecule has 0 bridgehead atoms. The number of hydrogen-bond acceptors (Lipinski definition) is 4. The van der Waals surface area contributed by atoms with Crippen molar-refractivity contribution in [3.8, 4) is 5.69 Å². The molecule has 0 spiro atoms. The van der Waals surface area contributed by atoms with Gasteiger partial charge >= 0.3 is 0 Å². The molecule has 0 atom stereocenters. The van der Waals surface area contributed by atoms with Crippen molar-refractivity contribution in [1.29, 1.82) is 0 Å². The minimum atomic E-state index is -0.132. The van der Waals surface area contributed by atoms with Gasteiger partial charge in [0, 0.05) is 33.0 Å². The molecule has 0 saturated heterocycles. The minimum Gasteiger partial charge on any atom is -0.343 e. The van der Waals surface area contributed by atoms with Crippen LogP contribution in [0, 0.1) is 0 Å². The summed E-state index contributed by atoms with van der Waals surface area (Å²) >= 11 is 0. The van der Waals surface area contributed by atoms with Crippen molar-refractivity contribution in [3.05, 3.63) is 42.0 Å². The fourth-order valence-electron chi connectivity index (χ4n) is 1.60. The molecule has 0 aliphatic rings. The van der Waals surface area contributed by atoms with E-state index in [-0.39, 0.29) is 5.91 Å². The Morgan fingerprint density at radius 2 is 2.22 bits per heavy atom. The van der Waals surface area contributed by atoms with E-state index in [0.717, 1.165) is 11.4 Å². The second-order valence-electron chi connectivity index (χ2n) is 4.02. The molecule has 0 aliphatic heterocycles. The van der Waals surface area contributed by atoms with Crippen LogP contribution in [-0.2, 0) is 6.54 Å². The maximum Gasteiger partial charge on any atom is 0.273 e. The van der Waals surface area contributed by atoms with E-state index in [2.05, 4.69) is 10.1 Å². The molecular formula is C12H15N5O. The van der Waals surface area contributed by atoms with Crippen LogP contribution < -0.4 is 5.73 Å². The second-order valence-corrected chi connectivity index (χ2v) is 4.02. The van der Waals surface area contributed by atoms with Crippen molar-refractivity contribution >= 4 is 5.91 Å². The maximum absolute atomic E-state index is 11.8. The molecule has 0 fully saturated rings. The highest BCUT2D eigenvalue weighted by Gasteiger charge is 2.13. The lowest BCUT2D eigenvalue weighted by Crippen LogP contribution is -2.22. The molecule has 0 radical (unpaired) electrons. The largest absolute Gasteiger partial charge is 0.343 e. The van der Waals surface area contributed by atoms with Crippen LogP contribution in [0.1, 0.15) is 16.2 Å². The van der Waals surface area contributed by atoms with Gasteiger partial charge in [0.15, 0.2) is 5.69 Å². The molecule has 0 aromatic carbocycles. The van der Waals surface area contributed by atoms with Gasteiger partial charge in [-0.2, -0.15) is 5.10 Å². The molecular weight excluding hydrogens is 230 g/mol. The smallest absolute Gasteiger partial charge is 0.273 e. The van der Waals surface area contributed by atoms with Crippen LogP contribution in [0.2, 0.25) is 0 Å². The highest BCUT2D eigenvalue weighted by Crippen LogP contribution is 2.11. The third-order valence-electron chi connectivity index (χ3n) is 2.52. The van der Waals surface area contributed by atoms with Crippen LogP contribution in [0.3, 0.4) is 0 Å². The van der Waals surface area contributed by atoms with Gasteiger partial charge < -0.3 is 10.6 Å². The lowest BCUT2D eigenvalue weighted by molar-refractivity contribution is 0.0821. The molecule has 18 heavy (non-hydrogen) atoms. The standard InChI is InChI=1S/C12H15N5O/c1-16(2)12(18)9-5-7-17(15-9)11-4-3-6-14-10(11)8-13/h3-7H,8,13H2,1-2H3. The Hall–Kier alpha value is -2.21. The fraction of sp³-hybridized carbons (Fsp3) is 0.250. The summed E-state index contributed by atoms with van der Waals surface area (Å²) in [5.41, 5.74) is 7.55. The highest BCUT2D eigenvalue weighted by molar-refractivity contribution is 5.91. The lowest BCUT2D eigenvalue weighted by atomic mass is 10.3. The maximum atomic E-state index is 11.8. The normalized spacial score (nSPS) is 10.4. The van der Waals surface area contributed by atoms with Gasteiger partial charge in [-0.1, -0.05) is 0 Å². The molecule has 0 unspecified atom stereocenters. The Labute approximate surface area is 105 Å². The Morgan fingerprint density at radius 1 is 1.44 bits per heavy atom. The Morgan fingerprint density at radius 3 is 2.89 bits per heavy atom. The first-order valence-corrected chi connectivity index (χ1v) is 5.55. The molecule has 2 aromatic heterocycles. The molecule has 2 aromatic rings. The summed E-state index contributed by atoms with van der Waals surface area (Å²) < 4.78 is 1.62. The second kappa shape index (κ2) is 4.97. The van der Waals surface area contributed by atoms with Gasteiger partial charge in [-0.15, -0.1) is 0 Å². The van der Waals surface area contributed by atoms with E-state index in [9.17, 15) is 4.79 Å². The van der Waals surface area contributed by atoms with Crippen LogP contribution in [0.5, 0.6) is 0 Å². The number of aromatic nitrogens is 3. The van der Waals surface area contributed by atoms with E-state index in [4.69, 9.17) is 5.73 Å². The predicted molar refractivity (Wildman–Crippen MR) is 67.3 cm³/mol. The average Bonchev–Trinajstić information content (AvgIpc) is 2.87. The van der Waals surface area contributed by atoms with Gasteiger partial charge in [-0.3, -0.25) is 9.78 Å². The van der Waals surface area contributed by atoms with E-state index in [1.54, 1.807) is 37.2 Å². The molecule has 94 valence electrons. The molecule has 2 N–H and O–H groups in total. The Kier molecular flexibility index (Phi) is 3.38. The summed E-state index contributed by atoms with van der Waals surface area (Å²) in [5.74, 6) is -0.132. The first kappa shape index (κ1) is 12.3. The third-order valence-corrected chi connectivity index (χ3v) is 2.52. The summed E-state index contributed by atoms with van der Waals surface area (Å²) in [4.78, 5) is 17.4. The van der Waals surface area contributed by atoms with Gasteiger partial charge in [0.1, 0.15) is 0 Å². The van der Waals surface area contributed by atoms with E-state index in [1.165, 1.54) is 4.90 Å². The van der Waals surface area contributed by atoms with Gasteiger partial charge in [-0.05, 0) is 18.2 Å². The number of amides is 1. The van der Waals surface area contributed by atoms with E-state index < -0.39 is 0 Å². The molecule has 1 amide bonds. The lowest BCUT2D eigenvalue weighted by Gasteiger charge is -2.08. The molecule has 2 heterocycles. The van der Waals surface area contributed by atoms with Crippen molar-refractivity contribution in [2.75, 3.05) is 14.1 Å². The van der Waals surface area contributed by atoms with Crippen LogP contribution in [0.15, 0.2) is 30.6 Å². The Balaban J connectivity index is 2.38. The van der Waals surface area contributed by atoms with Gasteiger partial charge in [0.2, 0.25) is 0 Å². The zero-order valence-corrected chi connectivity index (χ0v) is 10.4. The minimum absolute atomic E-state index is 0.132. The van der Waals surface area contributed by atoms with Crippen LogP contribution in [0.4, 0.5) is 0 Å². The molecule has 0 saturated carbocycles. The third kappa shape index (κ3) is 2.23. The first-order valence-electron chi connectivity index (χ1n) is 5.55. The average molecular weight is 245 g/mol. The molecule has 6 heteroatoms. The summed E-state index contributed by atoms with van der Waals surface area (Å²) in [6, 6.07) is 5.35. The number of rotatable bonds is 3. The quantitative estimate of drug-likeness (QED) is 0.850. The fourth-order valence-corrected chi connectivity index (χ4v) is 1.60. The van der Waals surface area contributed by atoms with Crippen LogP contribution in [-0.4, -0.2) is 39.7 Å².